The Labute approximate surface area is 179 Å². The Morgan fingerprint density at radius 2 is 2.10 bits per heavy atom. The molecule has 4 N–H and O–H groups in total. The summed E-state index contributed by atoms with van der Waals surface area (Å²) < 4.78 is 13.3. The fourth-order valence-electron chi connectivity index (χ4n) is 5.38. The van der Waals surface area contributed by atoms with Gasteiger partial charge in [0.1, 0.15) is 5.82 Å². The topological polar surface area (TPSA) is 127 Å². The number of nitrogens with one attached hydrogen (secondary N) is 1. The number of hydrogen-bond donors (Lipinski definition) is 3. The van der Waals surface area contributed by atoms with E-state index in [1.165, 1.54) is 0 Å². The van der Waals surface area contributed by atoms with Gasteiger partial charge < -0.3 is 25.2 Å². The highest BCUT2D eigenvalue weighted by Crippen LogP contribution is 2.47. The first kappa shape index (κ1) is 19.0. The van der Waals surface area contributed by atoms with Crippen LogP contribution in [0.5, 0.6) is 0 Å². The molecule has 164 valence electrons. The molecular formula is C21H27N7O3. The molecule has 2 bridgehead atoms. The molecule has 0 aliphatic carbocycles. The lowest BCUT2D eigenvalue weighted by atomic mass is 9.82. The molecular weight excluding hydrogens is 398 g/mol. The first-order valence-electron chi connectivity index (χ1n) is 10.9. The molecule has 0 radical (unpaired) electrons. The molecule has 3 aliphatic heterocycles. The van der Waals surface area contributed by atoms with E-state index in [1.807, 2.05) is 12.1 Å². The minimum atomic E-state index is -1.04. The monoisotopic (exact) mass is 425 g/mol. The maximum atomic E-state index is 11.9. The number of nitrogens with two attached hydrogens (primary N) is 1. The zero-order valence-corrected chi connectivity index (χ0v) is 17.5. The van der Waals surface area contributed by atoms with Gasteiger partial charge in [-0.1, -0.05) is 0 Å². The zero-order valence-electron chi connectivity index (χ0n) is 17.5. The fraction of sp³-hybridized carbons (Fsp3) is 0.571. The second-order valence-corrected chi connectivity index (χ2v) is 8.98. The molecule has 2 unspecified atom stereocenters. The van der Waals surface area contributed by atoms with Gasteiger partial charge in [-0.2, -0.15) is 9.78 Å². The van der Waals surface area contributed by atoms with Gasteiger partial charge in [0.2, 0.25) is 0 Å². The van der Waals surface area contributed by atoms with Crippen LogP contribution >= 0.6 is 0 Å². The maximum absolute atomic E-state index is 11.9. The van der Waals surface area contributed by atoms with Crippen molar-refractivity contribution < 1.29 is 14.6 Å². The molecule has 3 atom stereocenters. The first-order valence-corrected chi connectivity index (χ1v) is 10.9. The third kappa shape index (κ3) is 3.00. The SMILES string of the molecule is C[C@@H]1COCCN1c1cc(C2(O)CC3CCC(C2)O3)c2c(N)nn(-c3ccn[nH]3)c2n1. The number of nitrogen functional groups attached to an aromatic ring is 1. The lowest BCUT2D eigenvalue weighted by molar-refractivity contribution is -0.114. The molecule has 0 spiro atoms. The van der Waals surface area contributed by atoms with Gasteiger partial charge in [0.15, 0.2) is 17.3 Å². The average Bonchev–Trinajstić information content (AvgIpc) is 3.48. The third-order valence-electron chi connectivity index (χ3n) is 6.86. The van der Waals surface area contributed by atoms with Gasteiger partial charge in [0.05, 0.1) is 48.6 Å². The van der Waals surface area contributed by atoms with E-state index in [9.17, 15) is 5.11 Å². The van der Waals surface area contributed by atoms with Gasteiger partial charge in [0.25, 0.3) is 0 Å². The molecule has 3 aromatic heterocycles. The van der Waals surface area contributed by atoms with Crippen molar-refractivity contribution in [1.82, 2.24) is 25.0 Å². The number of hydrogen-bond acceptors (Lipinski definition) is 8. The van der Waals surface area contributed by atoms with Crippen LogP contribution in [0.1, 0.15) is 38.2 Å². The predicted octanol–water partition coefficient (Wildman–Crippen LogP) is 1.48. The van der Waals surface area contributed by atoms with Crippen molar-refractivity contribution in [3.63, 3.8) is 0 Å². The van der Waals surface area contributed by atoms with Crippen LogP contribution in [0.15, 0.2) is 18.3 Å². The van der Waals surface area contributed by atoms with Gasteiger partial charge in [-0.15, -0.1) is 5.10 Å². The number of aliphatic hydroxyl groups is 1. The van der Waals surface area contributed by atoms with E-state index < -0.39 is 5.60 Å². The van der Waals surface area contributed by atoms with Gasteiger partial charge in [-0.3, -0.25) is 5.10 Å². The van der Waals surface area contributed by atoms with Crippen LogP contribution in [-0.2, 0) is 15.1 Å². The number of morpholine rings is 1. The summed E-state index contributed by atoms with van der Waals surface area (Å²) in [7, 11) is 0. The van der Waals surface area contributed by atoms with Crippen molar-refractivity contribution in [2.45, 2.75) is 56.5 Å². The lowest BCUT2D eigenvalue weighted by Crippen LogP contribution is -2.44. The summed E-state index contributed by atoms with van der Waals surface area (Å²) in [6.45, 7) is 4.14. The summed E-state index contributed by atoms with van der Waals surface area (Å²) in [5.41, 5.74) is 6.77. The molecule has 10 heteroatoms. The molecule has 0 amide bonds. The maximum Gasteiger partial charge on any atom is 0.169 e. The Morgan fingerprint density at radius 1 is 1.29 bits per heavy atom. The van der Waals surface area contributed by atoms with Gasteiger partial charge in [0, 0.05) is 31.0 Å². The van der Waals surface area contributed by atoms with E-state index in [0.717, 1.165) is 30.8 Å². The van der Waals surface area contributed by atoms with Crippen molar-refractivity contribution in [2.24, 2.45) is 0 Å². The predicted molar refractivity (Wildman–Crippen MR) is 114 cm³/mol. The molecule has 6 heterocycles. The average molecular weight is 425 g/mol. The summed E-state index contributed by atoms with van der Waals surface area (Å²) in [6, 6.07) is 4.00. The molecule has 0 saturated carbocycles. The van der Waals surface area contributed by atoms with E-state index >= 15 is 0 Å². The molecule has 3 aliphatic rings. The number of ether oxygens (including phenoxy) is 2. The Hall–Kier alpha value is -2.69. The molecule has 31 heavy (non-hydrogen) atoms. The fourth-order valence-corrected chi connectivity index (χ4v) is 5.38. The Kier molecular flexibility index (Phi) is 4.24. The van der Waals surface area contributed by atoms with E-state index in [4.69, 9.17) is 20.2 Å². The van der Waals surface area contributed by atoms with Crippen molar-refractivity contribution in [2.75, 3.05) is 30.4 Å². The third-order valence-corrected chi connectivity index (χ3v) is 6.86. The van der Waals surface area contributed by atoms with Crippen LogP contribution in [0.25, 0.3) is 16.9 Å². The van der Waals surface area contributed by atoms with E-state index in [0.29, 0.717) is 48.7 Å². The Balaban J connectivity index is 1.57. The van der Waals surface area contributed by atoms with Crippen LogP contribution in [0.2, 0.25) is 0 Å². The highest BCUT2D eigenvalue weighted by atomic mass is 16.5. The van der Waals surface area contributed by atoms with E-state index in [-0.39, 0.29) is 18.2 Å². The number of rotatable bonds is 3. The Morgan fingerprint density at radius 3 is 2.81 bits per heavy atom. The molecule has 3 saturated heterocycles. The van der Waals surface area contributed by atoms with E-state index in [2.05, 4.69) is 27.1 Å². The normalized spacial score (nSPS) is 30.9. The second kappa shape index (κ2) is 6.91. The van der Waals surface area contributed by atoms with Crippen molar-refractivity contribution >= 4 is 22.7 Å². The highest BCUT2D eigenvalue weighted by Gasteiger charge is 2.46. The smallest absolute Gasteiger partial charge is 0.169 e. The number of aromatic nitrogens is 5. The zero-order chi connectivity index (χ0) is 21.2. The van der Waals surface area contributed by atoms with Crippen LogP contribution in [-0.4, -0.2) is 68.1 Å². The highest BCUT2D eigenvalue weighted by molar-refractivity contribution is 5.92. The number of anilines is 2. The van der Waals surface area contributed by atoms with Crippen LogP contribution in [0.3, 0.4) is 0 Å². The van der Waals surface area contributed by atoms with Gasteiger partial charge >= 0.3 is 0 Å². The number of aromatic amines is 1. The summed E-state index contributed by atoms with van der Waals surface area (Å²) in [5.74, 6) is 1.82. The molecule has 0 aromatic carbocycles. The lowest BCUT2D eigenvalue weighted by Gasteiger charge is -2.39. The van der Waals surface area contributed by atoms with Gasteiger partial charge in [-0.05, 0) is 25.8 Å². The standard InChI is InChI=1S/C21H27N7O3/c1-12-11-30-7-6-27(12)17-8-15(21(29)9-13-2-3-14(10-21)31-13)18-19(22)26-28(20(18)24-17)16-4-5-23-25-16/h4-5,8,12-14,29H,2-3,6-7,9-11H2,1H3,(H2,22,26)(H,23,25)/t12-,13?,14?,21?/m1/s1. The van der Waals surface area contributed by atoms with Crippen molar-refractivity contribution in [3.05, 3.63) is 23.9 Å². The van der Waals surface area contributed by atoms with Crippen LogP contribution in [0.4, 0.5) is 11.6 Å². The molecule has 10 nitrogen and oxygen atoms in total. The van der Waals surface area contributed by atoms with Crippen LogP contribution < -0.4 is 10.6 Å². The van der Waals surface area contributed by atoms with E-state index in [1.54, 1.807) is 10.9 Å². The number of fused-ring (bicyclic) bond motifs is 3. The van der Waals surface area contributed by atoms with Crippen molar-refractivity contribution in [3.8, 4) is 5.82 Å². The number of H-pyrrole nitrogens is 1. The first-order chi connectivity index (χ1) is 15.0. The van der Waals surface area contributed by atoms with Crippen molar-refractivity contribution in [1.29, 1.82) is 0 Å². The molecule has 3 aromatic rings. The molecule has 6 rings (SSSR count). The minimum absolute atomic E-state index is 0.0709. The quantitative estimate of drug-likeness (QED) is 0.576. The number of nitrogens with zero attached hydrogens (tertiary/aromatic N) is 5. The summed E-state index contributed by atoms with van der Waals surface area (Å²) in [6.07, 6.45) is 4.88. The summed E-state index contributed by atoms with van der Waals surface area (Å²) >= 11 is 0. The number of pyridine rings is 1. The Bertz CT molecular complexity index is 1100. The van der Waals surface area contributed by atoms with Crippen LogP contribution in [0, 0.1) is 0 Å². The second-order valence-electron chi connectivity index (χ2n) is 8.98. The van der Waals surface area contributed by atoms with Gasteiger partial charge in [-0.25, -0.2) is 4.98 Å². The largest absolute Gasteiger partial charge is 0.385 e. The summed E-state index contributed by atoms with van der Waals surface area (Å²) in [5, 5.41) is 24.1. The summed E-state index contributed by atoms with van der Waals surface area (Å²) in [4.78, 5) is 7.19. The molecule has 3 fully saturated rings. The minimum Gasteiger partial charge on any atom is -0.385 e.